The van der Waals surface area contributed by atoms with Crippen molar-refractivity contribution in [2.75, 3.05) is 44.3 Å². The monoisotopic (exact) mass is 483 g/mol. The van der Waals surface area contributed by atoms with E-state index in [4.69, 9.17) is 9.47 Å². The Morgan fingerprint density at radius 3 is 2.69 bits per heavy atom. The van der Waals surface area contributed by atoms with Crippen LogP contribution in [0.5, 0.6) is 11.5 Å². The van der Waals surface area contributed by atoms with Gasteiger partial charge in [0.05, 0.1) is 5.69 Å². The summed E-state index contributed by atoms with van der Waals surface area (Å²) in [5.74, 6) is -0.489. The molecule has 0 aromatic heterocycles. The molecule has 1 saturated heterocycles. The van der Waals surface area contributed by atoms with Crippen LogP contribution in [0.3, 0.4) is 0 Å². The minimum atomic E-state index is -0.771. The molecule has 1 fully saturated rings. The number of nitrogens with one attached hydrogen (secondary N) is 1. The predicted octanol–water partition coefficient (Wildman–Crippen LogP) is 2.72. The highest BCUT2D eigenvalue weighted by Crippen LogP contribution is 2.34. The molecule has 0 saturated carbocycles. The van der Waals surface area contributed by atoms with Gasteiger partial charge in [-0.25, -0.2) is 4.39 Å². The SMILES string of the molecule is Cc1cc(F)ccc1OCC(=O)c1ccc2c(c1)N(C(C)C(=O)NCCN1CCCC1)C(=O)CO2. The van der Waals surface area contributed by atoms with Crippen molar-refractivity contribution in [1.82, 2.24) is 10.2 Å². The van der Waals surface area contributed by atoms with Gasteiger partial charge in [0.2, 0.25) is 5.91 Å². The van der Waals surface area contributed by atoms with Crippen LogP contribution in [0.15, 0.2) is 36.4 Å². The summed E-state index contributed by atoms with van der Waals surface area (Å²) in [5, 5.41) is 2.91. The Labute approximate surface area is 204 Å². The Morgan fingerprint density at radius 2 is 1.94 bits per heavy atom. The lowest BCUT2D eigenvalue weighted by molar-refractivity contribution is -0.127. The molecule has 2 aromatic carbocycles. The van der Waals surface area contributed by atoms with Crippen LogP contribution in [-0.2, 0) is 9.59 Å². The molecule has 0 bridgehead atoms. The number of anilines is 1. The average molecular weight is 484 g/mol. The number of hydrogen-bond donors (Lipinski definition) is 1. The smallest absolute Gasteiger partial charge is 0.265 e. The summed E-state index contributed by atoms with van der Waals surface area (Å²) in [6.07, 6.45) is 2.36. The Hall–Kier alpha value is -3.46. The van der Waals surface area contributed by atoms with E-state index in [-0.39, 0.29) is 36.6 Å². The Bertz CT molecular complexity index is 1120. The third-order valence-electron chi connectivity index (χ3n) is 6.35. The summed E-state index contributed by atoms with van der Waals surface area (Å²) in [5.41, 5.74) is 1.26. The molecule has 1 atom stereocenters. The van der Waals surface area contributed by atoms with Gasteiger partial charge in [-0.15, -0.1) is 0 Å². The normalized spacial score (nSPS) is 16.4. The van der Waals surface area contributed by atoms with Gasteiger partial charge in [-0.3, -0.25) is 19.3 Å². The first-order valence-electron chi connectivity index (χ1n) is 11.8. The second-order valence-electron chi connectivity index (χ2n) is 8.87. The largest absolute Gasteiger partial charge is 0.485 e. The maximum atomic E-state index is 13.3. The molecule has 2 aliphatic heterocycles. The summed E-state index contributed by atoms with van der Waals surface area (Å²) in [6, 6.07) is 8.06. The maximum absolute atomic E-state index is 13.3. The number of carbonyl (C=O) groups excluding carboxylic acids is 3. The van der Waals surface area contributed by atoms with Gasteiger partial charge in [0.15, 0.2) is 19.0 Å². The highest BCUT2D eigenvalue weighted by atomic mass is 19.1. The highest BCUT2D eigenvalue weighted by molar-refractivity contribution is 6.05. The molecular weight excluding hydrogens is 453 g/mol. The van der Waals surface area contributed by atoms with Crippen molar-refractivity contribution in [2.45, 2.75) is 32.7 Å². The van der Waals surface area contributed by atoms with Crippen LogP contribution >= 0.6 is 0 Å². The number of hydrogen-bond acceptors (Lipinski definition) is 6. The van der Waals surface area contributed by atoms with Gasteiger partial charge in [-0.1, -0.05) is 0 Å². The number of Topliss-reactive ketones (excluding diaryl/α,β-unsaturated/α-hetero) is 1. The average Bonchev–Trinajstić information content (AvgIpc) is 3.36. The topological polar surface area (TPSA) is 88.2 Å². The van der Waals surface area contributed by atoms with Gasteiger partial charge in [0.1, 0.15) is 23.4 Å². The van der Waals surface area contributed by atoms with E-state index in [9.17, 15) is 18.8 Å². The van der Waals surface area contributed by atoms with E-state index >= 15 is 0 Å². The van der Waals surface area contributed by atoms with Crippen molar-refractivity contribution >= 4 is 23.3 Å². The lowest BCUT2D eigenvalue weighted by Crippen LogP contribution is -2.52. The minimum absolute atomic E-state index is 0.182. The van der Waals surface area contributed by atoms with Gasteiger partial charge < -0.3 is 19.7 Å². The summed E-state index contributed by atoms with van der Waals surface area (Å²) in [7, 11) is 0. The van der Waals surface area contributed by atoms with Gasteiger partial charge in [-0.2, -0.15) is 0 Å². The number of halogens is 1. The molecule has 0 aliphatic carbocycles. The summed E-state index contributed by atoms with van der Waals surface area (Å²) in [6.45, 7) is 6.29. The van der Waals surface area contributed by atoms with E-state index in [0.29, 0.717) is 34.9 Å². The molecule has 1 unspecified atom stereocenters. The van der Waals surface area contributed by atoms with Crippen molar-refractivity contribution in [3.63, 3.8) is 0 Å². The fraction of sp³-hybridized carbons (Fsp3) is 0.423. The maximum Gasteiger partial charge on any atom is 0.265 e. The fourth-order valence-corrected chi connectivity index (χ4v) is 4.38. The quantitative estimate of drug-likeness (QED) is 0.552. The molecule has 4 rings (SSSR count). The number of amides is 2. The van der Waals surface area contributed by atoms with Crippen LogP contribution < -0.4 is 19.7 Å². The van der Waals surface area contributed by atoms with Crippen LogP contribution in [0.1, 0.15) is 35.7 Å². The van der Waals surface area contributed by atoms with Crippen LogP contribution in [0.2, 0.25) is 0 Å². The number of aryl methyl sites for hydroxylation is 1. The number of rotatable bonds is 9. The van der Waals surface area contributed by atoms with Crippen molar-refractivity contribution in [3.8, 4) is 11.5 Å². The third-order valence-corrected chi connectivity index (χ3v) is 6.35. The fourth-order valence-electron chi connectivity index (χ4n) is 4.38. The Kier molecular flexibility index (Phi) is 7.65. The van der Waals surface area contributed by atoms with Crippen LogP contribution in [0.4, 0.5) is 10.1 Å². The second-order valence-corrected chi connectivity index (χ2v) is 8.87. The lowest BCUT2D eigenvalue weighted by atomic mass is 10.1. The molecular formula is C26H30FN3O5. The van der Waals surface area contributed by atoms with Crippen LogP contribution in [-0.4, -0.2) is 67.9 Å². The minimum Gasteiger partial charge on any atom is -0.485 e. The number of fused-ring (bicyclic) bond motifs is 1. The van der Waals surface area contributed by atoms with Crippen LogP contribution in [0.25, 0.3) is 0 Å². The first-order chi connectivity index (χ1) is 16.8. The third kappa shape index (κ3) is 5.79. The zero-order valence-electron chi connectivity index (χ0n) is 20.0. The molecule has 35 heavy (non-hydrogen) atoms. The van der Waals surface area contributed by atoms with Gasteiger partial charge >= 0.3 is 0 Å². The second kappa shape index (κ2) is 10.9. The van der Waals surface area contributed by atoms with Gasteiger partial charge in [-0.05, 0) is 81.7 Å². The molecule has 186 valence electrons. The molecule has 2 aliphatic rings. The van der Waals surface area contributed by atoms with Crippen molar-refractivity contribution < 1.29 is 28.2 Å². The first kappa shape index (κ1) is 24.7. The lowest BCUT2D eigenvalue weighted by Gasteiger charge is -2.33. The molecule has 2 amide bonds. The number of ether oxygens (including phenoxy) is 2. The van der Waals surface area contributed by atoms with Gasteiger partial charge in [0.25, 0.3) is 5.91 Å². The van der Waals surface area contributed by atoms with Gasteiger partial charge in [0, 0.05) is 18.7 Å². The zero-order chi connectivity index (χ0) is 24.9. The molecule has 0 spiro atoms. The van der Waals surface area contributed by atoms with E-state index in [2.05, 4.69) is 10.2 Å². The zero-order valence-corrected chi connectivity index (χ0v) is 20.0. The summed E-state index contributed by atoms with van der Waals surface area (Å²) in [4.78, 5) is 42.0. The Morgan fingerprint density at radius 1 is 1.17 bits per heavy atom. The molecule has 9 heteroatoms. The van der Waals surface area contributed by atoms with E-state index in [0.717, 1.165) is 19.6 Å². The Balaban J connectivity index is 1.44. The number of likely N-dealkylation sites (tertiary alicyclic amines) is 1. The van der Waals surface area contributed by atoms with Crippen LogP contribution in [0, 0.1) is 12.7 Å². The molecule has 2 heterocycles. The highest BCUT2D eigenvalue weighted by Gasteiger charge is 2.33. The number of ketones is 1. The summed E-state index contributed by atoms with van der Waals surface area (Å²) < 4.78 is 24.4. The number of carbonyl (C=O) groups is 3. The van der Waals surface area contributed by atoms with E-state index in [1.165, 1.54) is 35.9 Å². The van der Waals surface area contributed by atoms with Crippen molar-refractivity contribution in [3.05, 3.63) is 53.3 Å². The van der Waals surface area contributed by atoms with Crippen molar-refractivity contribution in [2.24, 2.45) is 0 Å². The van der Waals surface area contributed by atoms with E-state index < -0.39 is 6.04 Å². The predicted molar refractivity (Wildman–Crippen MR) is 129 cm³/mol. The molecule has 0 radical (unpaired) electrons. The standard InChI is InChI=1S/C26H30FN3O5/c1-17-13-20(27)6-8-23(17)34-15-22(31)19-5-7-24-21(14-19)30(25(32)16-35-24)18(2)26(33)28-9-12-29-10-3-4-11-29/h5-8,13-14,18H,3-4,9-12,15-16H2,1-2H3,(H,28,33). The van der Waals surface area contributed by atoms with E-state index in [1.54, 1.807) is 32.0 Å². The van der Waals surface area contributed by atoms with Crippen molar-refractivity contribution in [1.29, 1.82) is 0 Å². The number of nitrogens with zero attached hydrogens (tertiary/aromatic N) is 2. The summed E-state index contributed by atoms with van der Waals surface area (Å²) >= 11 is 0. The van der Waals surface area contributed by atoms with E-state index in [1.807, 2.05) is 0 Å². The molecule has 8 nitrogen and oxygen atoms in total. The molecule has 2 aromatic rings. The number of benzene rings is 2. The molecule has 1 N–H and O–H groups in total. The first-order valence-corrected chi connectivity index (χ1v) is 11.8.